The maximum atomic E-state index is 7.55. The second-order valence-corrected chi connectivity index (χ2v) is 27.2. The molecule has 4 rings (SSSR count). The summed E-state index contributed by atoms with van der Waals surface area (Å²) in [7, 11) is -3.26. The Kier molecular flexibility index (Phi) is 13.2. The van der Waals surface area contributed by atoms with Gasteiger partial charge in [0.15, 0.2) is 16.6 Å². The van der Waals surface area contributed by atoms with Gasteiger partial charge in [0.05, 0.1) is 38.6 Å². The molecule has 2 saturated heterocycles. The van der Waals surface area contributed by atoms with Gasteiger partial charge in [0.25, 0.3) is 0 Å². The van der Waals surface area contributed by atoms with Crippen LogP contribution in [-0.4, -0.2) is 74.6 Å². The Bertz CT molecular complexity index is 1370. The Labute approximate surface area is 306 Å². The summed E-state index contributed by atoms with van der Waals surface area (Å²) >= 11 is 0. The highest BCUT2D eigenvalue weighted by Crippen LogP contribution is 2.52. The number of epoxide rings is 1. The Morgan fingerprint density at radius 3 is 2.12 bits per heavy atom. The van der Waals surface area contributed by atoms with Crippen LogP contribution in [0, 0.1) is 17.8 Å². The Balaban J connectivity index is 1.68. The second-order valence-electron chi connectivity index (χ2n) is 17.7. The van der Waals surface area contributed by atoms with Gasteiger partial charge in [-0.1, -0.05) is 97.0 Å². The van der Waals surface area contributed by atoms with Crippen LogP contribution in [0.3, 0.4) is 0 Å². The highest BCUT2D eigenvalue weighted by atomic mass is 28.4. The minimum absolute atomic E-state index is 0.00906. The SMILES string of the molecule is C=C[C@H]1COB(c2ccccc2)O[C@H]1[C@H](CO[Si](C)(C)C(C)(C)C)[C@H](O[Si](C)(C)C(C)(C)C)[C@]1(C)O[C@@H]1[C@@H](C)COCc1ccc(OC)cc1. The van der Waals surface area contributed by atoms with Crippen molar-refractivity contribution in [2.75, 3.05) is 26.9 Å². The van der Waals surface area contributed by atoms with Crippen LogP contribution in [-0.2, 0) is 34.2 Å². The minimum Gasteiger partial charge on any atom is -0.497 e. The molecule has 0 amide bonds. The summed E-state index contributed by atoms with van der Waals surface area (Å²) in [5.74, 6) is 0.804. The maximum Gasteiger partial charge on any atom is 0.494 e. The highest BCUT2D eigenvalue weighted by Gasteiger charge is 2.65. The molecule has 2 aromatic carbocycles. The van der Waals surface area contributed by atoms with Gasteiger partial charge in [-0.25, -0.2) is 0 Å². The van der Waals surface area contributed by atoms with Gasteiger partial charge in [-0.2, -0.15) is 0 Å². The molecule has 2 aliphatic heterocycles. The monoisotopic (exact) mass is 724 g/mol. The standard InChI is InChI=1S/C40H65BO7Si2/c1-15-31-27-44-41(32-19-17-16-18-20-32)47-35(31)34(28-45-49(11,12)38(3,4)5)37(48-50(13,14)39(6,7)8)40(9)36(46-40)29(2)25-43-26-30-21-23-33(42-10)24-22-30/h15-24,29,31,34-37H,1,25-28H2,2-14H3/t29-,31-,34-,35+,36+,37-,40+/m0/s1. The molecule has 7 nitrogen and oxygen atoms in total. The van der Waals surface area contributed by atoms with Crippen LogP contribution in [0.5, 0.6) is 5.75 Å². The lowest BCUT2D eigenvalue weighted by atomic mass is 9.73. The molecule has 2 heterocycles. The molecule has 2 aromatic rings. The fourth-order valence-corrected chi connectivity index (χ4v) is 8.74. The van der Waals surface area contributed by atoms with E-state index >= 15 is 0 Å². The van der Waals surface area contributed by atoms with Crippen molar-refractivity contribution in [3.05, 3.63) is 72.8 Å². The largest absolute Gasteiger partial charge is 0.497 e. The van der Waals surface area contributed by atoms with E-state index in [9.17, 15) is 0 Å². The summed E-state index contributed by atoms with van der Waals surface area (Å²) in [5.41, 5.74) is 1.55. The van der Waals surface area contributed by atoms with Crippen LogP contribution in [0.2, 0.25) is 36.3 Å². The van der Waals surface area contributed by atoms with Crippen molar-refractivity contribution in [2.24, 2.45) is 17.8 Å². The van der Waals surface area contributed by atoms with E-state index in [0.29, 0.717) is 26.4 Å². The minimum atomic E-state index is -2.31. The molecule has 2 aliphatic rings. The zero-order valence-corrected chi connectivity index (χ0v) is 35.2. The van der Waals surface area contributed by atoms with E-state index in [1.165, 1.54) is 0 Å². The van der Waals surface area contributed by atoms with Crippen molar-refractivity contribution in [1.82, 2.24) is 0 Å². The Hall–Kier alpha value is -1.76. The number of benzene rings is 2. The summed E-state index contributed by atoms with van der Waals surface area (Å²) in [4.78, 5) is 0. The molecule has 7 atom stereocenters. The lowest BCUT2D eigenvalue weighted by molar-refractivity contribution is -0.0728. The molecular weight excluding hydrogens is 659 g/mol. The van der Waals surface area contributed by atoms with Gasteiger partial charge >= 0.3 is 7.12 Å². The predicted octanol–water partition coefficient (Wildman–Crippen LogP) is 8.65. The Morgan fingerprint density at radius 1 is 0.940 bits per heavy atom. The normalized spacial score (nSPS) is 25.1. The molecule has 0 bridgehead atoms. The molecule has 50 heavy (non-hydrogen) atoms. The van der Waals surface area contributed by atoms with Crippen LogP contribution in [0.1, 0.15) is 61.0 Å². The van der Waals surface area contributed by atoms with Crippen molar-refractivity contribution in [1.29, 1.82) is 0 Å². The first kappa shape index (κ1) is 41.0. The smallest absolute Gasteiger partial charge is 0.494 e. The first-order valence-electron chi connectivity index (χ1n) is 18.4. The van der Waals surface area contributed by atoms with E-state index in [1.54, 1.807) is 7.11 Å². The molecular formula is C40H65BO7Si2. The lowest BCUT2D eigenvalue weighted by Crippen LogP contribution is -2.60. The quantitative estimate of drug-likeness (QED) is 0.0976. The highest BCUT2D eigenvalue weighted by molar-refractivity contribution is 6.74. The van der Waals surface area contributed by atoms with Crippen molar-refractivity contribution >= 4 is 29.2 Å². The van der Waals surface area contributed by atoms with Gasteiger partial charge in [-0.3, -0.25) is 0 Å². The van der Waals surface area contributed by atoms with Crippen LogP contribution in [0.25, 0.3) is 0 Å². The molecule has 0 aromatic heterocycles. The summed E-state index contributed by atoms with van der Waals surface area (Å²) in [5, 5.41) is 0.0391. The lowest BCUT2D eigenvalue weighted by Gasteiger charge is -2.48. The number of hydrogen-bond acceptors (Lipinski definition) is 7. The van der Waals surface area contributed by atoms with E-state index in [0.717, 1.165) is 16.8 Å². The van der Waals surface area contributed by atoms with Gasteiger partial charge in [-0.05, 0) is 66.3 Å². The first-order chi connectivity index (χ1) is 23.2. The molecule has 10 heteroatoms. The Morgan fingerprint density at radius 2 is 1.56 bits per heavy atom. The van der Waals surface area contributed by atoms with Crippen molar-refractivity contribution < 1.29 is 32.4 Å². The molecule has 0 spiro atoms. The van der Waals surface area contributed by atoms with Gasteiger partial charge in [0.1, 0.15) is 11.4 Å². The molecule has 0 aliphatic carbocycles. The van der Waals surface area contributed by atoms with E-state index in [1.807, 2.05) is 48.5 Å². The zero-order chi connectivity index (χ0) is 37.1. The second kappa shape index (κ2) is 16.1. The van der Waals surface area contributed by atoms with Crippen LogP contribution < -0.4 is 10.2 Å². The van der Waals surface area contributed by atoms with E-state index in [2.05, 4.69) is 100 Å². The van der Waals surface area contributed by atoms with Gasteiger partial charge in [0, 0.05) is 31.0 Å². The van der Waals surface area contributed by atoms with Gasteiger partial charge < -0.3 is 32.4 Å². The van der Waals surface area contributed by atoms with Crippen LogP contribution in [0.4, 0.5) is 0 Å². The number of hydrogen-bond donors (Lipinski definition) is 0. The summed E-state index contributed by atoms with van der Waals surface area (Å²) < 4.78 is 46.4. The third-order valence-corrected chi connectivity index (χ3v) is 20.7. The van der Waals surface area contributed by atoms with E-state index < -0.39 is 29.4 Å². The molecule has 0 N–H and O–H groups in total. The fourth-order valence-electron chi connectivity index (χ4n) is 6.30. The van der Waals surface area contributed by atoms with Crippen molar-refractivity contribution in [2.45, 2.75) is 122 Å². The molecule has 0 radical (unpaired) electrons. The van der Waals surface area contributed by atoms with Crippen LogP contribution in [0.15, 0.2) is 67.3 Å². The fraction of sp³-hybridized carbons (Fsp3) is 0.650. The third kappa shape index (κ3) is 9.61. The number of methoxy groups -OCH3 is 1. The van der Waals surface area contributed by atoms with Gasteiger partial charge in [-0.15, -0.1) is 6.58 Å². The third-order valence-electron chi connectivity index (χ3n) is 11.8. The average Bonchev–Trinajstić information content (AvgIpc) is 3.76. The molecule has 0 unspecified atom stereocenters. The first-order valence-corrected chi connectivity index (χ1v) is 24.2. The summed E-state index contributed by atoms with van der Waals surface area (Å²) in [6.07, 6.45) is 1.39. The van der Waals surface area contributed by atoms with Crippen molar-refractivity contribution in [3.8, 4) is 5.75 Å². The number of rotatable bonds is 16. The van der Waals surface area contributed by atoms with Gasteiger partial charge in [0.2, 0.25) is 0 Å². The van der Waals surface area contributed by atoms with Crippen molar-refractivity contribution in [3.63, 3.8) is 0 Å². The average molecular weight is 725 g/mol. The maximum absolute atomic E-state index is 7.55. The van der Waals surface area contributed by atoms with E-state index in [-0.39, 0.29) is 46.1 Å². The van der Waals surface area contributed by atoms with Crippen LogP contribution >= 0.6 is 0 Å². The molecule has 278 valence electrons. The summed E-state index contributed by atoms with van der Waals surface area (Å²) in [6, 6.07) is 18.2. The zero-order valence-electron chi connectivity index (χ0n) is 33.2. The topological polar surface area (TPSA) is 67.9 Å². The molecule has 0 saturated carbocycles. The molecule has 2 fully saturated rings. The predicted molar refractivity (Wildman–Crippen MR) is 210 cm³/mol. The van der Waals surface area contributed by atoms with E-state index in [4.69, 9.17) is 32.4 Å². The number of ether oxygens (including phenoxy) is 3. The summed E-state index contributed by atoms with van der Waals surface area (Å²) in [6.45, 7) is 33.8.